The molecule has 76 heavy (non-hydrogen) atoms. The quantitative estimate of drug-likeness (QED) is 0.0373. The molecule has 0 saturated heterocycles. The lowest BCUT2D eigenvalue weighted by Gasteiger charge is -2.15. The zero-order chi connectivity index (χ0) is 54.8. The average Bonchev–Trinajstić information content (AvgIpc) is 3.42. The molecule has 0 aromatic heterocycles. The van der Waals surface area contributed by atoms with E-state index in [1.165, 1.54) is 89.9 Å². The Bertz CT molecular complexity index is 1660. The Morgan fingerprint density at radius 2 is 0.526 bits per heavy atom. The van der Waals surface area contributed by atoms with Gasteiger partial charge in [-0.3, -0.25) is 9.59 Å². The first-order valence-electron chi connectivity index (χ1n) is 31.0. The summed E-state index contributed by atoms with van der Waals surface area (Å²) in [6.45, 7) is 3.90. The lowest BCUT2D eigenvalue weighted by Crippen LogP contribution is -2.28. The van der Waals surface area contributed by atoms with Gasteiger partial charge in [0.1, 0.15) is 6.61 Å². The molecule has 1 unspecified atom stereocenters. The highest BCUT2D eigenvalue weighted by Crippen LogP contribution is 2.16. The van der Waals surface area contributed by atoms with Crippen molar-refractivity contribution in [2.45, 2.75) is 264 Å². The predicted octanol–water partition coefficient (Wildman–Crippen LogP) is 21.5. The number of carbonyl (C=O) groups is 2. The van der Waals surface area contributed by atoms with Crippen molar-refractivity contribution < 1.29 is 24.2 Å². The minimum Gasteiger partial charge on any atom is -0.462 e. The summed E-state index contributed by atoms with van der Waals surface area (Å²) in [5.41, 5.74) is 0. The van der Waals surface area contributed by atoms with Crippen molar-refractivity contribution in [3.05, 3.63) is 158 Å². The first-order valence-corrected chi connectivity index (χ1v) is 31.0. The molecule has 0 aliphatic carbocycles. The minimum absolute atomic E-state index is 0.0832. The zero-order valence-corrected chi connectivity index (χ0v) is 49.0. The number of ether oxygens (including phenoxy) is 2. The summed E-state index contributed by atoms with van der Waals surface area (Å²) in [5.74, 6) is -0.617. The maximum absolute atomic E-state index is 12.3. The lowest BCUT2D eigenvalue weighted by molar-refractivity contribution is -0.161. The SMILES string of the molecule is CC/C=C\C/C=C\C/C=C\C/C=C\C/C=C\C/C=C\C/C=C\C/C=C\CCCCCCCCCCCCCCCCCCC(=O)OC(CO)COC(=O)CCCCCCC/C=C\C/C=C\C/C=C\C/C=C\C/C=C\CC. The summed E-state index contributed by atoms with van der Waals surface area (Å²) in [7, 11) is 0. The fraction of sp³-hybridized carbons (Fsp3) is 0.606. The van der Waals surface area contributed by atoms with E-state index < -0.39 is 6.10 Å². The smallest absolute Gasteiger partial charge is 0.306 e. The van der Waals surface area contributed by atoms with Gasteiger partial charge in [-0.05, 0) is 122 Å². The molecule has 0 aromatic carbocycles. The third kappa shape index (κ3) is 62.1. The van der Waals surface area contributed by atoms with E-state index in [-0.39, 0.29) is 25.2 Å². The van der Waals surface area contributed by atoms with Crippen LogP contribution in [0.4, 0.5) is 0 Å². The third-order valence-corrected chi connectivity index (χ3v) is 12.8. The zero-order valence-electron chi connectivity index (χ0n) is 49.0. The molecule has 0 rings (SSSR count). The van der Waals surface area contributed by atoms with Gasteiger partial charge in [0.2, 0.25) is 0 Å². The van der Waals surface area contributed by atoms with E-state index >= 15 is 0 Å². The Morgan fingerprint density at radius 1 is 0.303 bits per heavy atom. The Labute approximate surface area is 469 Å². The molecular formula is C71H114O5. The number of aliphatic hydroxyl groups is 1. The third-order valence-electron chi connectivity index (χ3n) is 12.8. The van der Waals surface area contributed by atoms with Gasteiger partial charge in [-0.25, -0.2) is 0 Å². The van der Waals surface area contributed by atoms with Crippen LogP contribution in [-0.2, 0) is 19.1 Å². The van der Waals surface area contributed by atoms with Crippen LogP contribution in [0, 0.1) is 0 Å². The van der Waals surface area contributed by atoms with Crippen LogP contribution in [0.25, 0.3) is 0 Å². The van der Waals surface area contributed by atoms with E-state index in [0.717, 1.165) is 141 Å². The van der Waals surface area contributed by atoms with Gasteiger partial charge in [0.25, 0.3) is 0 Å². The van der Waals surface area contributed by atoms with Gasteiger partial charge in [0, 0.05) is 12.8 Å². The van der Waals surface area contributed by atoms with Crippen molar-refractivity contribution >= 4 is 11.9 Å². The summed E-state index contributed by atoms with van der Waals surface area (Å²) < 4.78 is 10.7. The molecule has 0 aliphatic heterocycles. The fourth-order valence-electron chi connectivity index (χ4n) is 8.25. The van der Waals surface area contributed by atoms with E-state index in [4.69, 9.17) is 9.47 Å². The molecule has 5 heteroatoms. The minimum atomic E-state index is -0.791. The van der Waals surface area contributed by atoms with Crippen molar-refractivity contribution in [3.8, 4) is 0 Å². The molecular weight excluding hydrogens is 933 g/mol. The largest absolute Gasteiger partial charge is 0.462 e. The maximum atomic E-state index is 12.3. The Morgan fingerprint density at radius 3 is 0.789 bits per heavy atom. The van der Waals surface area contributed by atoms with E-state index in [2.05, 4.69) is 172 Å². The normalized spacial score (nSPS) is 13.4. The predicted molar refractivity (Wildman–Crippen MR) is 334 cm³/mol. The monoisotopic (exact) mass is 1050 g/mol. The molecule has 0 heterocycles. The summed E-state index contributed by atoms with van der Waals surface area (Å²) in [4.78, 5) is 24.6. The molecule has 0 aliphatic rings. The van der Waals surface area contributed by atoms with E-state index in [0.29, 0.717) is 12.8 Å². The number of hydrogen-bond acceptors (Lipinski definition) is 5. The number of esters is 2. The van der Waals surface area contributed by atoms with Gasteiger partial charge in [0.05, 0.1) is 6.61 Å². The highest BCUT2D eigenvalue weighted by atomic mass is 16.6. The van der Waals surface area contributed by atoms with Crippen LogP contribution >= 0.6 is 0 Å². The lowest BCUT2D eigenvalue weighted by atomic mass is 10.0. The van der Waals surface area contributed by atoms with Crippen molar-refractivity contribution in [1.82, 2.24) is 0 Å². The van der Waals surface area contributed by atoms with Gasteiger partial charge < -0.3 is 14.6 Å². The van der Waals surface area contributed by atoms with Crippen LogP contribution in [0.15, 0.2) is 158 Å². The summed E-state index contributed by atoms with van der Waals surface area (Å²) in [6, 6.07) is 0. The number of allylic oxidation sites excluding steroid dienone is 26. The Balaban J connectivity index is 3.54. The van der Waals surface area contributed by atoms with E-state index in [9.17, 15) is 14.7 Å². The molecule has 0 radical (unpaired) electrons. The molecule has 0 aromatic rings. The molecule has 0 fully saturated rings. The molecule has 1 N–H and O–H groups in total. The van der Waals surface area contributed by atoms with Crippen LogP contribution < -0.4 is 0 Å². The second kappa shape index (κ2) is 64.8. The highest BCUT2D eigenvalue weighted by molar-refractivity contribution is 5.70. The topological polar surface area (TPSA) is 72.8 Å². The highest BCUT2D eigenvalue weighted by Gasteiger charge is 2.16. The van der Waals surface area contributed by atoms with E-state index in [1.54, 1.807) is 0 Å². The molecule has 0 saturated carbocycles. The fourth-order valence-corrected chi connectivity index (χ4v) is 8.25. The van der Waals surface area contributed by atoms with Crippen LogP contribution in [-0.4, -0.2) is 36.4 Å². The van der Waals surface area contributed by atoms with Crippen molar-refractivity contribution in [1.29, 1.82) is 0 Å². The number of aliphatic hydroxyl groups excluding tert-OH is 1. The second-order valence-corrected chi connectivity index (χ2v) is 20.0. The maximum Gasteiger partial charge on any atom is 0.306 e. The van der Waals surface area contributed by atoms with Gasteiger partial charge in [-0.15, -0.1) is 0 Å². The molecule has 0 spiro atoms. The number of carbonyl (C=O) groups excluding carboxylic acids is 2. The van der Waals surface area contributed by atoms with Gasteiger partial charge in [-0.2, -0.15) is 0 Å². The van der Waals surface area contributed by atoms with Gasteiger partial charge in [0.15, 0.2) is 6.10 Å². The average molecular weight is 1050 g/mol. The Kier molecular flexibility index (Phi) is 61.0. The van der Waals surface area contributed by atoms with Crippen LogP contribution in [0.2, 0.25) is 0 Å². The van der Waals surface area contributed by atoms with Crippen molar-refractivity contribution in [2.24, 2.45) is 0 Å². The van der Waals surface area contributed by atoms with Crippen LogP contribution in [0.5, 0.6) is 0 Å². The van der Waals surface area contributed by atoms with Crippen molar-refractivity contribution in [2.75, 3.05) is 13.2 Å². The summed E-state index contributed by atoms with van der Waals surface area (Å²) in [5, 5.41) is 9.67. The first-order chi connectivity index (χ1) is 37.6. The summed E-state index contributed by atoms with van der Waals surface area (Å²) >= 11 is 0. The van der Waals surface area contributed by atoms with Crippen LogP contribution in [0.3, 0.4) is 0 Å². The van der Waals surface area contributed by atoms with Gasteiger partial charge >= 0.3 is 11.9 Å². The molecule has 0 amide bonds. The number of unbranched alkanes of at least 4 members (excludes halogenated alkanes) is 21. The van der Waals surface area contributed by atoms with Crippen molar-refractivity contribution in [3.63, 3.8) is 0 Å². The molecule has 5 nitrogen and oxygen atoms in total. The Hall–Kier alpha value is -4.48. The van der Waals surface area contributed by atoms with Gasteiger partial charge in [-0.1, -0.05) is 281 Å². The van der Waals surface area contributed by atoms with E-state index in [1.807, 2.05) is 0 Å². The first kappa shape index (κ1) is 71.5. The molecule has 1 atom stereocenters. The summed E-state index contributed by atoms with van der Waals surface area (Å²) in [6.07, 6.45) is 99.5. The number of hydrogen-bond donors (Lipinski definition) is 1. The molecule has 428 valence electrons. The molecule has 0 bridgehead atoms. The standard InChI is InChI=1S/C71H114O5/c1-3-5-7-9-11-13-15-17-19-21-23-25-26-27-28-29-30-31-32-33-34-35-36-37-38-39-40-41-42-43-44-46-48-50-52-54-56-58-60-62-64-66-71(74)76-69(67-72)68-75-70(73)65-63-61-59-57-55-53-51-49-47-45-24-22-20-18-16-14-12-10-8-6-4-2/h5-8,11-14,17-20,23-25,27-28,30-31,33-34,36-37,45,49,51,69,72H,3-4,9-10,15-16,21-22,26,29,32,35,38-44,46-48,50,52-68H2,1-2H3/b7-5-,8-6-,13-11-,14-12-,19-17-,20-18-,25-23-,28-27-,31-30-,34-33-,37-36-,45-24-,51-49-. The van der Waals surface area contributed by atoms with Crippen LogP contribution in [0.1, 0.15) is 258 Å². The number of rotatable bonds is 55. The second-order valence-electron chi connectivity index (χ2n) is 20.0.